The van der Waals surface area contributed by atoms with Crippen LogP contribution in [-0.4, -0.2) is 66.2 Å². The summed E-state index contributed by atoms with van der Waals surface area (Å²) < 4.78 is 26.9. The maximum atomic E-state index is 14.2. The van der Waals surface area contributed by atoms with Crippen LogP contribution in [0.1, 0.15) is 6.92 Å². The van der Waals surface area contributed by atoms with Gasteiger partial charge in [-0.25, -0.2) is 9.37 Å². The molecule has 3 N–H and O–H groups in total. The van der Waals surface area contributed by atoms with Crippen LogP contribution in [0.4, 0.5) is 27.4 Å². The lowest BCUT2D eigenvalue weighted by atomic mass is 10.2. The average Bonchev–Trinajstić information content (AvgIpc) is 3.35. The van der Waals surface area contributed by atoms with Crippen molar-refractivity contribution in [3.8, 4) is 17.3 Å². The number of fused-ring (bicyclic) bond motifs is 1. The summed E-state index contributed by atoms with van der Waals surface area (Å²) in [5.74, 6) is 0.973. The number of likely N-dealkylation sites (N-methyl/N-ethyl adjacent to an activating group) is 1. The first-order valence-electron chi connectivity index (χ1n) is 12.2. The van der Waals surface area contributed by atoms with Crippen LogP contribution in [0.2, 0.25) is 0 Å². The third-order valence-corrected chi connectivity index (χ3v) is 6.34. The van der Waals surface area contributed by atoms with Crippen molar-refractivity contribution in [1.82, 2.24) is 19.4 Å². The minimum absolute atomic E-state index is 0.242. The standard InChI is InChI=1S/C28H32FN7O3/c1-7-27(37)32-21-14-22(25(39-6)15-20(21)31-16-17(2)35(3)4)33-28-30-10-8-26(34-28)36-11-9-19-23(36)12-18(29)13-24(19)38-5/h7-15,17,31H,1,16H2,2-6H3,(H,32,37)(H,30,33,34). The van der Waals surface area contributed by atoms with Gasteiger partial charge < -0.3 is 34.9 Å². The summed E-state index contributed by atoms with van der Waals surface area (Å²) in [4.78, 5) is 23.2. The number of hydrogen-bond acceptors (Lipinski definition) is 8. The third kappa shape index (κ3) is 6.10. The van der Waals surface area contributed by atoms with E-state index in [1.54, 1.807) is 42.3 Å². The maximum Gasteiger partial charge on any atom is 0.247 e. The Morgan fingerprint density at radius 2 is 1.90 bits per heavy atom. The van der Waals surface area contributed by atoms with Crippen LogP contribution in [0, 0.1) is 5.82 Å². The summed E-state index contributed by atoms with van der Waals surface area (Å²) in [5, 5.41) is 10.1. The smallest absolute Gasteiger partial charge is 0.247 e. The lowest BCUT2D eigenvalue weighted by Crippen LogP contribution is -2.31. The Labute approximate surface area is 226 Å². The zero-order valence-electron chi connectivity index (χ0n) is 22.6. The van der Waals surface area contributed by atoms with Gasteiger partial charge in [0.2, 0.25) is 11.9 Å². The third-order valence-electron chi connectivity index (χ3n) is 6.34. The monoisotopic (exact) mass is 533 g/mol. The van der Waals surface area contributed by atoms with E-state index in [1.165, 1.54) is 25.3 Å². The highest BCUT2D eigenvalue weighted by molar-refractivity contribution is 6.02. The first-order valence-corrected chi connectivity index (χ1v) is 12.2. The van der Waals surface area contributed by atoms with E-state index in [-0.39, 0.29) is 17.9 Å². The predicted molar refractivity (Wildman–Crippen MR) is 152 cm³/mol. The predicted octanol–water partition coefficient (Wildman–Crippen LogP) is 4.81. The summed E-state index contributed by atoms with van der Waals surface area (Å²) in [7, 11) is 7.05. The van der Waals surface area contributed by atoms with Crippen LogP contribution in [0.5, 0.6) is 11.5 Å². The van der Waals surface area contributed by atoms with E-state index in [9.17, 15) is 9.18 Å². The van der Waals surface area contributed by atoms with Gasteiger partial charge in [0.1, 0.15) is 23.1 Å². The van der Waals surface area contributed by atoms with E-state index in [0.717, 1.165) is 5.39 Å². The number of nitrogens with zero attached hydrogens (tertiary/aromatic N) is 4. The van der Waals surface area contributed by atoms with Gasteiger partial charge in [0, 0.05) is 42.5 Å². The first-order chi connectivity index (χ1) is 18.7. The summed E-state index contributed by atoms with van der Waals surface area (Å²) in [6.07, 6.45) is 4.59. The van der Waals surface area contributed by atoms with Crippen molar-refractivity contribution < 1.29 is 18.7 Å². The van der Waals surface area contributed by atoms with E-state index >= 15 is 0 Å². The number of nitrogens with one attached hydrogen (secondary N) is 3. The first kappa shape index (κ1) is 27.4. The van der Waals surface area contributed by atoms with Crippen LogP contribution < -0.4 is 25.4 Å². The SMILES string of the molecule is C=CC(=O)Nc1cc(Nc2nccc(-n3ccc4c(OC)cc(F)cc43)n2)c(OC)cc1NCC(C)N(C)C. The largest absolute Gasteiger partial charge is 0.496 e. The van der Waals surface area contributed by atoms with E-state index in [1.807, 2.05) is 20.2 Å². The van der Waals surface area contributed by atoms with Crippen molar-refractivity contribution in [3.63, 3.8) is 0 Å². The summed E-state index contributed by atoms with van der Waals surface area (Å²) in [6.45, 7) is 6.27. The Bertz CT molecular complexity index is 1500. The van der Waals surface area contributed by atoms with Crippen molar-refractivity contribution in [1.29, 1.82) is 0 Å². The van der Waals surface area contributed by atoms with Gasteiger partial charge >= 0.3 is 0 Å². The number of carbonyl (C=O) groups excluding carboxylic acids is 1. The van der Waals surface area contributed by atoms with Crippen LogP contribution >= 0.6 is 0 Å². The molecule has 2 aromatic heterocycles. The van der Waals surface area contributed by atoms with Crippen LogP contribution in [0.3, 0.4) is 0 Å². The molecule has 4 aromatic rings. The minimum atomic E-state index is -0.417. The molecule has 0 saturated heterocycles. The van der Waals surface area contributed by atoms with Gasteiger partial charge in [0.25, 0.3) is 0 Å². The fraction of sp³-hybridized carbons (Fsp3) is 0.250. The second-order valence-corrected chi connectivity index (χ2v) is 9.08. The molecule has 0 saturated carbocycles. The molecule has 0 radical (unpaired) electrons. The number of methoxy groups -OCH3 is 2. The molecule has 4 rings (SSSR count). The molecule has 0 bridgehead atoms. The van der Waals surface area contributed by atoms with Crippen molar-refractivity contribution in [3.05, 3.63) is 67.3 Å². The number of benzene rings is 2. The molecule has 11 heteroatoms. The second kappa shape index (κ2) is 11.8. The highest BCUT2D eigenvalue weighted by Gasteiger charge is 2.16. The molecule has 0 fully saturated rings. The van der Waals surface area contributed by atoms with Gasteiger partial charge in [-0.1, -0.05) is 6.58 Å². The van der Waals surface area contributed by atoms with Crippen LogP contribution in [0.25, 0.3) is 16.7 Å². The second-order valence-electron chi connectivity index (χ2n) is 9.08. The van der Waals surface area contributed by atoms with Crippen LogP contribution in [0.15, 0.2) is 61.4 Å². The Kier molecular flexibility index (Phi) is 8.30. The topological polar surface area (TPSA) is 106 Å². The lowest BCUT2D eigenvalue weighted by Gasteiger charge is -2.23. The molecule has 0 spiro atoms. The summed E-state index contributed by atoms with van der Waals surface area (Å²) >= 11 is 0. The zero-order valence-corrected chi connectivity index (χ0v) is 22.6. The van der Waals surface area contributed by atoms with E-state index in [4.69, 9.17) is 9.47 Å². The normalized spacial score (nSPS) is 11.8. The molecule has 1 atom stereocenters. The summed E-state index contributed by atoms with van der Waals surface area (Å²) in [5.41, 5.74) is 2.35. The average molecular weight is 534 g/mol. The molecule has 2 aromatic carbocycles. The number of carbonyl (C=O) groups is 1. The molecular formula is C28H32FN7O3. The fourth-order valence-corrected chi connectivity index (χ4v) is 3.93. The number of anilines is 4. The molecule has 0 aliphatic carbocycles. The number of aromatic nitrogens is 3. The molecule has 1 amide bonds. The quantitative estimate of drug-likeness (QED) is 0.236. The number of amides is 1. The van der Waals surface area contributed by atoms with Crippen molar-refractivity contribution in [2.75, 3.05) is 50.8 Å². The summed E-state index contributed by atoms with van der Waals surface area (Å²) in [6, 6.07) is 10.1. The molecule has 39 heavy (non-hydrogen) atoms. The van der Waals surface area contributed by atoms with Gasteiger partial charge in [-0.3, -0.25) is 4.79 Å². The van der Waals surface area contributed by atoms with Gasteiger partial charge in [0.05, 0.1) is 36.8 Å². The van der Waals surface area contributed by atoms with Gasteiger partial charge in [-0.2, -0.15) is 4.98 Å². The van der Waals surface area contributed by atoms with Crippen molar-refractivity contribution in [2.45, 2.75) is 13.0 Å². The van der Waals surface area contributed by atoms with E-state index in [0.29, 0.717) is 46.4 Å². The molecular weight excluding hydrogens is 501 g/mol. The Morgan fingerprint density at radius 3 is 2.59 bits per heavy atom. The molecule has 1 unspecified atom stereocenters. The van der Waals surface area contributed by atoms with Gasteiger partial charge in [-0.15, -0.1) is 0 Å². The maximum absolute atomic E-state index is 14.2. The van der Waals surface area contributed by atoms with E-state index in [2.05, 4.69) is 44.3 Å². The molecule has 204 valence electrons. The molecule has 2 heterocycles. The number of hydrogen-bond donors (Lipinski definition) is 3. The van der Waals surface area contributed by atoms with Crippen LogP contribution in [-0.2, 0) is 4.79 Å². The Hall–Kier alpha value is -4.64. The molecule has 10 nitrogen and oxygen atoms in total. The van der Waals surface area contributed by atoms with Gasteiger partial charge in [-0.05, 0) is 51.4 Å². The van der Waals surface area contributed by atoms with Crippen molar-refractivity contribution in [2.24, 2.45) is 0 Å². The number of ether oxygens (including phenoxy) is 2. The minimum Gasteiger partial charge on any atom is -0.496 e. The van der Waals surface area contributed by atoms with Gasteiger partial charge in [0.15, 0.2) is 0 Å². The van der Waals surface area contributed by atoms with E-state index < -0.39 is 5.82 Å². The Balaban J connectivity index is 1.69. The highest BCUT2D eigenvalue weighted by atomic mass is 19.1. The fourth-order valence-electron chi connectivity index (χ4n) is 3.93. The molecule has 0 aliphatic rings. The number of halogens is 1. The lowest BCUT2D eigenvalue weighted by molar-refractivity contribution is -0.111. The van der Waals surface area contributed by atoms with Crippen molar-refractivity contribution >= 4 is 39.8 Å². The zero-order chi connectivity index (χ0) is 28.1. The Morgan fingerprint density at radius 1 is 1.13 bits per heavy atom. The molecule has 0 aliphatic heterocycles. The number of rotatable bonds is 11. The highest BCUT2D eigenvalue weighted by Crippen LogP contribution is 2.36.